The standard InChI is InChI=1S/C19H22N4O3/c24-17(21-18(19(25)26)15-6-2-1-3-7-15)14-22-10-12-23(13-11-22)16-8-4-5-9-20-16/h1-9,18H,10-14H2,(H,21,24)(H,25,26)/t18-/m0/s1. The molecular weight excluding hydrogens is 332 g/mol. The highest BCUT2D eigenvalue weighted by molar-refractivity contribution is 5.85. The van der Waals surface area contributed by atoms with E-state index in [0.29, 0.717) is 5.56 Å². The van der Waals surface area contributed by atoms with E-state index in [2.05, 4.69) is 15.2 Å². The van der Waals surface area contributed by atoms with E-state index in [9.17, 15) is 14.7 Å². The van der Waals surface area contributed by atoms with Gasteiger partial charge in [-0.05, 0) is 17.7 Å². The molecule has 0 unspecified atom stereocenters. The molecule has 2 aromatic rings. The summed E-state index contributed by atoms with van der Waals surface area (Å²) in [5.74, 6) is -0.413. The van der Waals surface area contributed by atoms with Crippen LogP contribution in [0, 0.1) is 0 Å². The molecule has 1 amide bonds. The summed E-state index contributed by atoms with van der Waals surface area (Å²) < 4.78 is 0. The zero-order chi connectivity index (χ0) is 18.4. The Balaban J connectivity index is 1.51. The lowest BCUT2D eigenvalue weighted by atomic mass is 10.1. The second-order valence-corrected chi connectivity index (χ2v) is 6.20. The number of anilines is 1. The van der Waals surface area contributed by atoms with Crippen LogP contribution < -0.4 is 10.2 Å². The zero-order valence-electron chi connectivity index (χ0n) is 14.4. The SMILES string of the molecule is O=C(CN1CCN(c2ccccn2)CC1)N[C@H](C(=O)O)c1ccccc1. The molecule has 1 aliphatic rings. The van der Waals surface area contributed by atoms with Crippen LogP contribution in [0.1, 0.15) is 11.6 Å². The molecule has 1 aromatic carbocycles. The van der Waals surface area contributed by atoms with E-state index in [1.807, 2.05) is 29.2 Å². The number of amides is 1. The van der Waals surface area contributed by atoms with Gasteiger partial charge in [0.1, 0.15) is 5.82 Å². The van der Waals surface area contributed by atoms with E-state index in [0.717, 1.165) is 32.0 Å². The van der Waals surface area contributed by atoms with E-state index in [1.165, 1.54) is 0 Å². The highest BCUT2D eigenvalue weighted by Gasteiger charge is 2.24. The van der Waals surface area contributed by atoms with Crippen LogP contribution in [-0.2, 0) is 9.59 Å². The zero-order valence-corrected chi connectivity index (χ0v) is 14.4. The normalized spacial score (nSPS) is 16.1. The van der Waals surface area contributed by atoms with Crippen molar-refractivity contribution in [3.63, 3.8) is 0 Å². The number of hydrogen-bond donors (Lipinski definition) is 2. The quantitative estimate of drug-likeness (QED) is 0.809. The maximum absolute atomic E-state index is 12.3. The number of piperazine rings is 1. The Morgan fingerprint density at radius 3 is 2.35 bits per heavy atom. The molecule has 0 aliphatic carbocycles. The summed E-state index contributed by atoms with van der Waals surface area (Å²) in [6.45, 7) is 3.21. The monoisotopic (exact) mass is 354 g/mol. The fourth-order valence-electron chi connectivity index (χ4n) is 3.02. The van der Waals surface area contributed by atoms with Crippen molar-refractivity contribution < 1.29 is 14.7 Å². The van der Waals surface area contributed by atoms with Crippen LogP contribution in [0.4, 0.5) is 5.82 Å². The minimum absolute atomic E-state index is 0.187. The summed E-state index contributed by atoms with van der Waals surface area (Å²) in [6.07, 6.45) is 1.77. The average Bonchev–Trinajstić information content (AvgIpc) is 2.68. The van der Waals surface area contributed by atoms with Crippen molar-refractivity contribution in [2.75, 3.05) is 37.6 Å². The molecule has 1 atom stereocenters. The van der Waals surface area contributed by atoms with Gasteiger partial charge in [-0.25, -0.2) is 9.78 Å². The van der Waals surface area contributed by atoms with Gasteiger partial charge in [-0.1, -0.05) is 36.4 Å². The molecule has 1 fully saturated rings. The molecule has 1 aliphatic heterocycles. The lowest BCUT2D eigenvalue weighted by Gasteiger charge is -2.35. The Hall–Kier alpha value is -2.93. The van der Waals surface area contributed by atoms with Crippen LogP contribution in [0.3, 0.4) is 0 Å². The molecule has 0 bridgehead atoms. The van der Waals surface area contributed by atoms with Crippen LogP contribution in [0.2, 0.25) is 0 Å². The predicted molar refractivity (Wildman–Crippen MR) is 97.9 cm³/mol. The Morgan fingerprint density at radius 2 is 1.73 bits per heavy atom. The van der Waals surface area contributed by atoms with Crippen LogP contribution in [-0.4, -0.2) is 59.6 Å². The lowest BCUT2D eigenvalue weighted by Crippen LogP contribution is -2.50. The van der Waals surface area contributed by atoms with E-state index in [1.54, 1.807) is 30.5 Å². The highest BCUT2D eigenvalue weighted by atomic mass is 16.4. The summed E-state index contributed by atoms with van der Waals surface area (Å²) in [4.78, 5) is 32.3. The van der Waals surface area contributed by atoms with Gasteiger partial charge < -0.3 is 15.3 Å². The van der Waals surface area contributed by atoms with Gasteiger partial charge in [0, 0.05) is 32.4 Å². The maximum Gasteiger partial charge on any atom is 0.330 e. The molecule has 26 heavy (non-hydrogen) atoms. The van der Waals surface area contributed by atoms with Crippen molar-refractivity contribution in [2.24, 2.45) is 0 Å². The minimum atomic E-state index is -1.07. The van der Waals surface area contributed by atoms with Crippen molar-refractivity contribution in [3.05, 3.63) is 60.3 Å². The van der Waals surface area contributed by atoms with Crippen molar-refractivity contribution >= 4 is 17.7 Å². The minimum Gasteiger partial charge on any atom is -0.479 e. The number of carboxylic acids is 1. The van der Waals surface area contributed by atoms with E-state index in [4.69, 9.17) is 0 Å². The molecule has 0 saturated carbocycles. The Bertz CT molecular complexity index is 731. The summed E-state index contributed by atoms with van der Waals surface area (Å²) in [6, 6.07) is 13.5. The van der Waals surface area contributed by atoms with Gasteiger partial charge in [0.15, 0.2) is 6.04 Å². The van der Waals surface area contributed by atoms with Gasteiger partial charge in [-0.2, -0.15) is 0 Å². The number of benzene rings is 1. The number of carboxylic acid groups (broad SMARTS) is 1. The molecular formula is C19H22N4O3. The number of pyridine rings is 1. The molecule has 7 nitrogen and oxygen atoms in total. The van der Waals surface area contributed by atoms with Gasteiger partial charge >= 0.3 is 5.97 Å². The van der Waals surface area contributed by atoms with Crippen LogP contribution in [0.5, 0.6) is 0 Å². The molecule has 1 aromatic heterocycles. The van der Waals surface area contributed by atoms with E-state index < -0.39 is 12.0 Å². The van der Waals surface area contributed by atoms with Crippen LogP contribution in [0.15, 0.2) is 54.7 Å². The van der Waals surface area contributed by atoms with Crippen molar-refractivity contribution in [2.45, 2.75) is 6.04 Å². The number of hydrogen-bond acceptors (Lipinski definition) is 5. The number of nitrogens with zero attached hydrogens (tertiary/aromatic N) is 3. The number of aromatic nitrogens is 1. The maximum atomic E-state index is 12.3. The predicted octanol–water partition coefficient (Wildman–Crippen LogP) is 1.15. The third-order valence-electron chi connectivity index (χ3n) is 4.40. The summed E-state index contributed by atoms with van der Waals surface area (Å²) in [7, 11) is 0. The first-order chi connectivity index (χ1) is 12.6. The van der Waals surface area contributed by atoms with Crippen molar-refractivity contribution in [1.29, 1.82) is 0 Å². The molecule has 2 heterocycles. The smallest absolute Gasteiger partial charge is 0.330 e. The first kappa shape index (κ1) is 17.9. The molecule has 0 radical (unpaired) electrons. The fourth-order valence-corrected chi connectivity index (χ4v) is 3.02. The van der Waals surface area contributed by atoms with E-state index in [-0.39, 0.29) is 12.5 Å². The largest absolute Gasteiger partial charge is 0.479 e. The fraction of sp³-hybridized carbons (Fsp3) is 0.316. The van der Waals surface area contributed by atoms with Gasteiger partial charge in [0.2, 0.25) is 5.91 Å². The Kier molecular flexibility index (Phi) is 5.80. The van der Waals surface area contributed by atoms with E-state index >= 15 is 0 Å². The Labute approximate surface area is 152 Å². The van der Waals surface area contributed by atoms with Crippen molar-refractivity contribution in [1.82, 2.24) is 15.2 Å². The number of rotatable bonds is 6. The molecule has 1 saturated heterocycles. The summed E-state index contributed by atoms with van der Waals surface area (Å²) in [5, 5.41) is 12.0. The lowest BCUT2D eigenvalue weighted by molar-refractivity contribution is -0.142. The number of carbonyl (C=O) groups is 2. The molecule has 3 rings (SSSR count). The average molecular weight is 354 g/mol. The second-order valence-electron chi connectivity index (χ2n) is 6.20. The molecule has 7 heteroatoms. The van der Waals surface area contributed by atoms with Crippen molar-refractivity contribution in [3.8, 4) is 0 Å². The summed E-state index contributed by atoms with van der Waals surface area (Å²) in [5.41, 5.74) is 0.563. The number of nitrogens with one attached hydrogen (secondary N) is 1. The third kappa shape index (κ3) is 4.58. The number of carbonyl (C=O) groups excluding carboxylic acids is 1. The second kappa shape index (κ2) is 8.44. The van der Waals surface area contributed by atoms with Gasteiger partial charge in [-0.15, -0.1) is 0 Å². The third-order valence-corrected chi connectivity index (χ3v) is 4.40. The summed E-state index contributed by atoms with van der Waals surface area (Å²) >= 11 is 0. The number of aliphatic carboxylic acids is 1. The molecule has 2 N–H and O–H groups in total. The molecule has 0 spiro atoms. The van der Waals surface area contributed by atoms with Gasteiger partial charge in [0.25, 0.3) is 0 Å². The highest BCUT2D eigenvalue weighted by Crippen LogP contribution is 2.14. The van der Waals surface area contributed by atoms with Gasteiger partial charge in [-0.3, -0.25) is 9.69 Å². The first-order valence-electron chi connectivity index (χ1n) is 8.59. The van der Waals surface area contributed by atoms with Crippen LogP contribution in [0.25, 0.3) is 0 Å². The Morgan fingerprint density at radius 1 is 1.04 bits per heavy atom. The first-order valence-corrected chi connectivity index (χ1v) is 8.59. The van der Waals surface area contributed by atoms with Crippen LogP contribution >= 0.6 is 0 Å². The topological polar surface area (TPSA) is 85.8 Å². The van der Waals surface area contributed by atoms with Gasteiger partial charge in [0.05, 0.1) is 6.54 Å². The molecule has 136 valence electrons.